The second-order valence-corrected chi connectivity index (χ2v) is 6.88. The number of hydrogen-bond acceptors (Lipinski definition) is 3. The fourth-order valence-electron chi connectivity index (χ4n) is 2.81. The van der Waals surface area contributed by atoms with Crippen molar-refractivity contribution in [3.05, 3.63) is 76.3 Å². The fraction of sp³-hybridized carbons (Fsp3) is 0.238. The van der Waals surface area contributed by atoms with E-state index in [1.807, 2.05) is 48.9 Å². The van der Waals surface area contributed by atoms with Gasteiger partial charge in [0.05, 0.1) is 16.4 Å². The van der Waals surface area contributed by atoms with Crippen LogP contribution in [0, 0.1) is 19.7 Å². The quantitative estimate of drug-likeness (QED) is 0.650. The highest BCUT2D eigenvalue weighted by Gasteiger charge is 2.06. The van der Waals surface area contributed by atoms with Gasteiger partial charge in [-0.1, -0.05) is 23.7 Å². The summed E-state index contributed by atoms with van der Waals surface area (Å²) < 4.78 is 20.3. The highest BCUT2D eigenvalue weighted by Crippen LogP contribution is 2.21. The third-order valence-electron chi connectivity index (χ3n) is 4.19. The zero-order chi connectivity index (χ0) is 20.1. The van der Waals surface area contributed by atoms with Crippen molar-refractivity contribution in [2.45, 2.75) is 20.3 Å². The van der Waals surface area contributed by atoms with Gasteiger partial charge in [0.1, 0.15) is 11.6 Å². The molecule has 0 saturated carbocycles. The number of rotatable bonds is 7. The topological polar surface area (TPSA) is 56.2 Å². The highest BCUT2D eigenvalue weighted by atomic mass is 35.5. The molecular weight excluding hydrogens is 381 g/mol. The minimum Gasteiger partial charge on any atom is -0.484 e. The normalized spacial score (nSPS) is 10.7. The number of nitrogens with one attached hydrogen (secondary N) is 1. The van der Waals surface area contributed by atoms with Gasteiger partial charge in [0, 0.05) is 18.3 Å². The molecule has 2 aromatic carbocycles. The maximum atomic E-state index is 13.1. The molecular formula is C21H21ClFN3O2. The summed E-state index contributed by atoms with van der Waals surface area (Å²) >= 11 is 5.68. The van der Waals surface area contributed by atoms with Crippen LogP contribution in [0.4, 0.5) is 4.39 Å². The first-order chi connectivity index (χ1) is 13.4. The van der Waals surface area contributed by atoms with E-state index in [4.69, 9.17) is 16.3 Å². The maximum Gasteiger partial charge on any atom is 0.257 e. The molecule has 0 atom stereocenters. The van der Waals surface area contributed by atoms with E-state index in [1.54, 1.807) is 0 Å². The Morgan fingerprint density at radius 3 is 2.57 bits per heavy atom. The third-order valence-corrected chi connectivity index (χ3v) is 4.48. The van der Waals surface area contributed by atoms with Crippen molar-refractivity contribution in [2.24, 2.45) is 0 Å². The molecule has 3 aromatic rings. The zero-order valence-electron chi connectivity index (χ0n) is 15.7. The summed E-state index contributed by atoms with van der Waals surface area (Å²) in [6, 6.07) is 14.1. The molecule has 146 valence electrons. The number of nitrogens with zero attached hydrogens (tertiary/aromatic N) is 2. The number of carbonyl (C=O) groups excluding carboxylic acids is 1. The number of halogens is 2. The fourth-order valence-corrected chi connectivity index (χ4v) is 2.98. The Kier molecular flexibility index (Phi) is 6.31. The van der Waals surface area contributed by atoms with Crippen LogP contribution in [0.25, 0.3) is 5.69 Å². The number of ether oxygens (including phenoxy) is 1. The summed E-state index contributed by atoms with van der Waals surface area (Å²) in [6.45, 7) is 4.32. The Morgan fingerprint density at radius 1 is 1.18 bits per heavy atom. The molecule has 3 rings (SSSR count). The molecule has 1 heterocycles. The van der Waals surface area contributed by atoms with Gasteiger partial charge in [-0.25, -0.2) is 9.07 Å². The molecule has 0 fully saturated rings. The van der Waals surface area contributed by atoms with Crippen LogP contribution in [0.2, 0.25) is 5.02 Å². The zero-order valence-corrected chi connectivity index (χ0v) is 16.5. The van der Waals surface area contributed by atoms with Crippen molar-refractivity contribution in [3.63, 3.8) is 0 Å². The average Bonchev–Trinajstić information content (AvgIpc) is 3.01. The standard InChI is InChI=1S/C21H21ClFN3O2/c1-14-11-15(2)26(25-14)17-5-3-16(4-6-17)9-10-24-21(27)13-28-18-7-8-20(23)19(22)12-18/h3-8,11-12H,9-10,13H2,1-2H3,(H,24,27). The second kappa shape index (κ2) is 8.89. The largest absolute Gasteiger partial charge is 0.484 e. The van der Waals surface area contributed by atoms with E-state index in [0.717, 1.165) is 22.6 Å². The van der Waals surface area contributed by atoms with E-state index >= 15 is 0 Å². The van der Waals surface area contributed by atoms with Gasteiger partial charge in [0.25, 0.3) is 5.91 Å². The van der Waals surface area contributed by atoms with E-state index in [2.05, 4.69) is 10.4 Å². The lowest BCUT2D eigenvalue weighted by atomic mass is 10.1. The third kappa shape index (κ3) is 5.10. The minimum atomic E-state index is -0.526. The Balaban J connectivity index is 1.44. The van der Waals surface area contributed by atoms with E-state index in [1.165, 1.54) is 18.2 Å². The summed E-state index contributed by atoms with van der Waals surface area (Å²) in [7, 11) is 0. The van der Waals surface area contributed by atoms with Crippen LogP contribution < -0.4 is 10.1 Å². The number of aryl methyl sites for hydroxylation is 2. The van der Waals surface area contributed by atoms with Crippen LogP contribution >= 0.6 is 11.6 Å². The van der Waals surface area contributed by atoms with Crippen LogP contribution in [-0.4, -0.2) is 28.8 Å². The monoisotopic (exact) mass is 401 g/mol. The van der Waals surface area contributed by atoms with Crippen LogP contribution in [0.15, 0.2) is 48.5 Å². The van der Waals surface area contributed by atoms with Gasteiger partial charge in [0.2, 0.25) is 0 Å². The Bertz CT molecular complexity index is 970. The average molecular weight is 402 g/mol. The van der Waals surface area contributed by atoms with Crippen molar-refractivity contribution in [3.8, 4) is 11.4 Å². The molecule has 0 saturated heterocycles. The van der Waals surface area contributed by atoms with E-state index in [-0.39, 0.29) is 17.5 Å². The van der Waals surface area contributed by atoms with Gasteiger partial charge < -0.3 is 10.1 Å². The molecule has 0 bridgehead atoms. The molecule has 1 amide bonds. The molecule has 5 nitrogen and oxygen atoms in total. The summed E-state index contributed by atoms with van der Waals surface area (Å²) in [5, 5.41) is 7.23. The molecule has 7 heteroatoms. The van der Waals surface area contributed by atoms with E-state index in [9.17, 15) is 9.18 Å². The molecule has 0 aliphatic rings. The van der Waals surface area contributed by atoms with Gasteiger partial charge in [-0.2, -0.15) is 5.10 Å². The summed E-state index contributed by atoms with van der Waals surface area (Å²) in [5.41, 5.74) is 4.18. The summed E-state index contributed by atoms with van der Waals surface area (Å²) in [4.78, 5) is 11.9. The molecule has 0 spiro atoms. The van der Waals surface area contributed by atoms with Gasteiger partial charge in [-0.05, 0) is 56.2 Å². The van der Waals surface area contributed by atoms with Crippen molar-refractivity contribution in [1.29, 1.82) is 0 Å². The Morgan fingerprint density at radius 2 is 1.93 bits per heavy atom. The Labute approximate surface area is 168 Å². The lowest BCUT2D eigenvalue weighted by Gasteiger charge is -2.09. The number of amides is 1. The van der Waals surface area contributed by atoms with E-state index in [0.29, 0.717) is 18.7 Å². The van der Waals surface area contributed by atoms with Gasteiger partial charge >= 0.3 is 0 Å². The molecule has 0 aliphatic carbocycles. The molecule has 0 radical (unpaired) electrons. The van der Waals surface area contributed by atoms with Crippen molar-refractivity contribution in [1.82, 2.24) is 15.1 Å². The second-order valence-electron chi connectivity index (χ2n) is 6.47. The van der Waals surface area contributed by atoms with Crippen molar-refractivity contribution >= 4 is 17.5 Å². The summed E-state index contributed by atoms with van der Waals surface area (Å²) in [5.74, 6) is -0.427. The smallest absolute Gasteiger partial charge is 0.257 e. The number of benzene rings is 2. The number of aromatic nitrogens is 2. The maximum absolute atomic E-state index is 13.1. The lowest BCUT2D eigenvalue weighted by Crippen LogP contribution is -2.30. The highest BCUT2D eigenvalue weighted by molar-refractivity contribution is 6.30. The van der Waals surface area contributed by atoms with Crippen molar-refractivity contribution < 1.29 is 13.9 Å². The molecule has 0 aliphatic heterocycles. The van der Waals surface area contributed by atoms with Crippen molar-refractivity contribution in [2.75, 3.05) is 13.2 Å². The Hall–Kier alpha value is -2.86. The minimum absolute atomic E-state index is 0.0400. The van der Waals surface area contributed by atoms with Crippen LogP contribution in [0.1, 0.15) is 17.0 Å². The van der Waals surface area contributed by atoms with Gasteiger partial charge in [-0.3, -0.25) is 4.79 Å². The predicted molar refractivity (Wildman–Crippen MR) is 107 cm³/mol. The van der Waals surface area contributed by atoms with Gasteiger partial charge in [0.15, 0.2) is 6.61 Å². The first-order valence-corrected chi connectivity index (χ1v) is 9.27. The number of hydrogen-bond donors (Lipinski definition) is 1. The molecule has 28 heavy (non-hydrogen) atoms. The molecule has 1 aromatic heterocycles. The van der Waals surface area contributed by atoms with Crippen LogP contribution in [-0.2, 0) is 11.2 Å². The molecule has 0 unspecified atom stereocenters. The lowest BCUT2D eigenvalue weighted by molar-refractivity contribution is -0.123. The van der Waals surface area contributed by atoms with Crippen LogP contribution in [0.5, 0.6) is 5.75 Å². The SMILES string of the molecule is Cc1cc(C)n(-c2ccc(CCNC(=O)COc3ccc(F)c(Cl)c3)cc2)n1. The first kappa shape index (κ1) is 19.9. The first-order valence-electron chi connectivity index (χ1n) is 8.89. The summed E-state index contributed by atoms with van der Waals surface area (Å²) in [6.07, 6.45) is 0.700. The van der Waals surface area contributed by atoms with Gasteiger partial charge in [-0.15, -0.1) is 0 Å². The number of carbonyl (C=O) groups is 1. The van der Waals surface area contributed by atoms with Crippen LogP contribution in [0.3, 0.4) is 0 Å². The van der Waals surface area contributed by atoms with E-state index < -0.39 is 5.82 Å². The molecule has 1 N–H and O–H groups in total. The predicted octanol–water partition coefficient (Wildman–Crippen LogP) is 4.02.